The minimum absolute atomic E-state index is 0.246. The smallest absolute Gasteiger partial charge is 0.247 e. The molecule has 1 amide bonds. The van der Waals surface area contributed by atoms with E-state index in [2.05, 4.69) is 48.9 Å². The van der Waals surface area contributed by atoms with Crippen molar-refractivity contribution >= 4 is 28.4 Å². The van der Waals surface area contributed by atoms with Crippen LogP contribution in [0.25, 0.3) is 33.4 Å². The quantitative estimate of drug-likeness (QED) is 0.291. The predicted molar refractivity (Wildman–Crippen MR) is 149 cm³/mol. The Morgan fingerprint density at radius 3 is 2.71 bits per heavy atom. The summed E-state index contributed by atoms with van der Waals surface area (Å²) in [6.07, 6.45) is 5.44. The SMILES string of the molecule is C=CC(=O)Nc1ccc(-c2c3c4c(ncnc4n2C)NCCc2cc(Oc4ccc(C)cn4)ccc2-3)cc1. The Balaban J connectivity index is 1.50. The van der Waals surface area contributed by atoms with E-state index in [1.54, 1.807) is 12.5 Å². The van der Waals surface area contributed by atoms with Crippen LogP contribution >= 0.6 is 0 Å². The van der Waals surface area contributed by atoms with Gasteiger partial charge in [-0.15, -0.1) is 0 Å². The molecule has 0 bridgehead atoms. The Kier molecular flexibility index (Phi) is 5.84. The Labute approximate surface area is 220 Å². The summed E-state index contributed by atoms with van der Waals surface area (Å²) >= 11 is 0. The fourth-order valence-corrected chi connectivity index (χ4v) is 4.93. The lowest BCUT2D eigenvalue weighted by Crippen LogP contribution is -2.10. The Morgan fingerprint density at radius 1 is 1.11 bits per heavy atom. The maximum atomic E-state index is 11.7. The van der Waals surface area contributed by atoms with Crippen LogP contribution in [0.3, 0.4) is 0 Å². The van der Waals surface area contributed by atoms with E-state index in [0.717, 1.165) is 69.1 Å². The molecule has 0 saturated carbocycles. The largest absolute Gasteiger partial charge is 0.439 e. The van der Waals surface area contributed by atoms with E-state index in [4.69, 9.17) is 4.74 Å². The van der Waals surface area contributed by atoms with Gasteiger partial charge in [0.15, 0.2) is 0 Å². The molecule has 0 spiro atoms. The molecule has 0 aliphatic carbocycles. The van der Waals surface area contributed by atoms with Gasteiger partial charge in [-0.2, -0.15) is 0 Å². The highest BCUT2D eigenvalue weighted by molar-refractivity contribution is 6.09. The molecule has 1 aliphatic heterocycles. The first-order chi connectivity index (χ1) is 18.5. The van der Waals surface area contributed by atoms with Gasteiger partial charge in [-0.05, 0) is 65.9 Å². The van der Waals surface area contributed by atoms with Gasteiger partial charge in [-0.3, -0.25) is 4.79 Å². The van der Waals surface area contributed by atoms with Crippen LogP contribution in [0.15, 0.2) is 79.8 Å². The summed E-state index contributed by atoms with van der Waals surface area (Å²) in [4.78, 5) is 25.3. The molecule has 4 heterocycles. The van der Waals surface area contributed by atoms with Crippen molar-refractivity contribution in [2.24, 2.45) is 7.05 Å². The van der Waals surface area contributed by atoms with Crippen LogP contribution in [-0.2, 0) is 18.3 Å². The number of carbonyl (C=O) groups excluding carboxylic acids is 1. The summed E-state index contributed by atoms with van der Waals surface area (Å²) in [6.45, 7) is 6.25. The third kappa shape index (κ3) is 4.16. The second-order valence-electron chi connectivity index (χ2n) is 9.25. The molecular formula is C30H26N6O2. The monoisotopic (exact) mass is 502 g/mol. The van der Waals surface area contributed by atoms with Gasteiger partial charge in [0, 0.05) is 37.1 Å². The third-order valence-corrected chi connectivity index (χ3v) is 6.72. The topological polar surface area (TPSA) is 94.0 Å². The average Bonchev–Trinajstić information content (AvgIpc) is 3.22. The minimum atomic E-state index is -0.246. The molecule has 38 heavy (non-hydrogen) atoms. The number of amides is 1. The van der Waals surface area contributed by atoms with Crippen LogP contribution in [-0.4, -0.2) is 32.0 Å². The van der Waals surface area contributed by atoms with Crippen LogP contribution in [0, 0.1) is 6.92 Å². The molecular weight excluding hydrogens is 476 g/mol. The number of anilines is 2. The van der Waals surface area contributed by atoms with Gasteiger partial charge in [-0.25, -0.2) is 15.0 Å². The van der Waals surface area contributed by atoms with Crippen LogP contribution in [0.2, 0.25) is 0 Å². The van der Waals surface area contributed by atoms with Crippen molar-refractivity contribution in [3.05, 3.63) is 90.9 Å². The number of fused-ring (bicyclic) bond motifs is 2. The zero-order chi connectivity index (χ0) is 26.2. The summed E-state index contributed by atoms with van der Waals surface area (Å²) in [6, 6.07) is 17.8. The predicted octanol–water partition coefficient (Wildman–Crippen LogP) is 5.89. The number of benzene rings is 2. The summed E-state index contributed by atoms with van der Waals surface area (Å²) in [5.41, 5.74) is 7.96. The van der Waals surface area contributed by atoms with E-state index in [0.29, 0.717) is 11.6 Å². The van der Waals surface area contributed by atoms with Gasteiger partial charge in [0.05, 0.1) is 11.1 Å². The fraction of sp³-hybridized carbons (Fsp3) is 0.133. The molecule has 0 atom stereocenters. The van der Waals surface area contributed by atoms with Gasteiger partial charge >= 0.3 is 0 Å². The molecule has 5 aromatic rings. The highest BCUT2D eigenvalue weighted by atomic mass is 16.5. The molecule has 6 rings (SSSR count). The van der Waals surface area contributed by atoms with Crippen molar-refractivity contribution in [3.63, 3.8) is 0 Å². The van der Waals surface area contributed by atoms with Crippen molar-refractivity contribution in [1.29, 1.82) is 0 Å². The minimum Gasteiger partial charge on any atom is -0.439 e. The average molecular weight is 503 g/mol. The Hall–Kier alpha value is -4.98. The van der Waals surface area contributed by atoms with Crippen molar-refractivity contribution in [2.45, 2.75) is 13.3 Å². The number of aromatic nitrogens is 4. The number of nitrogens with zero attached hydrogens (tertiary/aromatic N) is 4. The van der Waals surface area contributed by atoms with E-state index < -0.39 is 0 Å². The zero-order valence-electron chi connectivity index (χ0n) is 21.2. The van der Waals surface area contributed by atoms with Crippen LogP contribution < -0.4 is 15.4 Å². The van der Waals surface area contributed by atoms with Gasteiger partial charge in [0.25, 0.3) is 0 Å². The molecule has 188 valence electrons. The number of hydrogen-bond acceptors (Lipinski definition) is 6. The molecule has 1 aliphatic rings. The maximum absolute atomic E-state index is 11.7. The third-order valence-electron chi connectivity index (χ3n) is 6.72. The van der Waals surface area contributed by atoms with E-state index in [1.807, 2.05) is 56.4 Å². The summed E-state index contributed by atoms with van der Waals surface area (Å²) < 4.78 is 8.19. The molecule has 8 nitrogen and oxygen atoms in total. The van der Waals surface area contributed by atoms with Crippen LogP contribution in [0.1, 0.15) is 11.1 Å². The molecule has 0 radical (unpaired) electrons. The molecule has 0 fully saturated rings. The summed E-state index contributed by atoms with van der Waals surface area (Å²) in [5.74, 6) is 1.87. The lowest BCUT2D eigenvalue weighted by molar-refractivity contribution is -0.111. The molecule has 8 heteroatoms. The van der Waals surface area contributed by atoms with E-state index in [9.17, 15) is 4.79 Å². The van der Waals surface area contributed by atoms with Gasteiger partial charge in [0.2, 0.25) is 11.8 Å². The second kappa shape index (κ2) is 9.48. The van der Waals surface area contributed by atoms with E-state index in [1.165, 1.54) is 6.08 Å². The molecule has 0 saturated heterocycles. The first kappa shape index (κ1) is 23.4. The van der Waals surface area contributed by atoms with Gasteiger partial charge in [0.1, 0.15) is 23.5 Å². The number of nitrogens with one attached hydrogen (secondary N) is 2. The van der Waals surface area contributed by atoms with Gasteiger partial charge < -0.3 is 19.9 Å². The standard InChI is InChI=1S/C30H26N6O2/c1-4-24(37)35-21-8-6-19(7-9-21)28-26-23-11-10-22(38-25-12-5-18(2)16-32-25)15-20(23)13-14-31-29-27(26)30(36(28)3)34-17-33-29/h4-12,15-17H,1,13-14H2,2-3H3,(H,35,37)(H,31,33,34). The van der Waals surface area contributed by atoms with Crippen molar-refractivity contribution in [1.82, 2.24) is 19.5 Å². The lowest BCUT2D eigenvalue weighted by Gasteiger charge is -2.18. The lowest BCUT2D eigenvalue weighted by atomic mass is 9.92. The molecule has 0 unspecified atom stereocenters. The van der Waals surface area contributed by atoms with Crippen molar-refractivity contribution in [3.8, 4) is 34.0 Å². The van der Waals surface area contributed by atoms with E-state index >= 15 is 0 Å². The first-order valence-electron chi connectivity index (χ1n) is 12.4. The fourth-order valence-electron chi connectivity index (χ4n) is 4.93. The Bertz CT molecular complexity index is 1690. The van der Waals surface area contributed by atoms with Crippen molar-refractivity contribution in [2.75, 3.05) is 17.2 Å². The van der Waals surface area contributed by atoms with Crippen molar-refractivity contribution < 1.29 is 9.53 Å². The Morgan fingerprint density at radius 2 is 1.95 bits per heavy atom. The molecule has 2 N–H and O–H groups in total. The first-order valence-corrected chi connectivity index (χ1v) is 12.4. The highest BCUT2D eigenvalue weighted by Crippen LogP contribution is 2.45. The summed E-state index contributed by atoms with van der Waals surface area (Å²) in [5, 5.41) is 7.28. The molecule has 3 aromatic heterocycles. The highest BCUT2D eigenvalue weighted by Gasteiger charge is 2.25. The normalized spacial score (nSPS) is 12.2. The van der Waals surface area contributed by atoms with Crippen LogP contribution in [0.5, 0.6) is 11.6 Å². The van der Waals surface area contributed by atoms with E-state index in [-0.39, 0.29) is 5.91 Å². The number of ether oxygens (including phenoxy) is 1. The van der Waals surface area contributed by atoms with Gasteiger partial charge in [-0.1, -0.05) is 30.8 Å². The molecule has 2 aromatic carbocycles. The number of pyridine rings is 1. The summed E-state index contributed by atoms with van der Waals surface area (Å²) in [7, 11) is 2.02. The number of aryl methyl sites for hydroxylation is 2. The maximum Gasteiger partial charge on any atom is 0.247 e. The van der Waals surface area contributed by atoms with Crippen LogP contribution in [0.4, 0.5) is 11.5 Å². The zero-order valence-corrected chi connectivity index (χ0v) is 21.2. The second-order valence-corrected chi connectivity index (χ2v) is 9.25. The number of hydrogen-bond donors (Lipinski definition) is 2. The number of carbonyl (C=O) groups is 1. The number of rotatable bonds is 5.